The van der Waals surface area contributed by atoms with Gasteiger partial charge in [0.1, 0.15) is 11.4 Å². The molecule has 3 rings (SSSR count). The molecule has 0 aliphatic carbocycles. The molecule has 0 aromatic heterocycles. The van der Waals surface area contributed by atoms with Gasteiger partial charge in [-0.2, -0.15) is 0 Å². The second-order valence-electron chi connectivity index (χ2n) is 5.28. The molecule has 3 heterocycles. The third-order valence-electron chi connectivity index (χ3n) is 4.25. The number of ether oxygens (including phenoxy) is 1. The van der Waals surface area contributed by atoms with Gasteiger partial charge in [-0.15, -0.1) is 0 Å². The Morgan fingerprint density at radius 1 is 1.24 bits per heavy atom. The van der Waals surface area contributed by atoms with E-state index in [0.717, 1.165) is 25.0 Å². The first-order chi connectivity index (χ1) is 8.24. The zero-order chi connectivity index (χ0) is 11.8. The standard InChI is InChI=1S/C12H19NO2S2/c1-13-8-2-3-9(13)7-10(6-8)15-12(14)11-4-5-16-17-11/h8-11H,2-7H2,1H3/t8-,9-,11-/m0/s1. The molecule has 5 heteroatoms. The molecule has 17 heavy (non-hydrogen) atoms. The fourth-order valence-corrected chi connectivity index (χ4v) is 5.87. The molecule has 3 aliphatic rings. The van der Waals surface area contributed by atoms with E-state index in [1.807, 2.05) is 0 Å². The smallest absolute Gasteiger partial charge is 0.320 e. The second kappa shape index (κ2) is 5.02. The lowest BCUT2D eigenvalue weighted by Gasteiger charge is -2.36. The van der Waals surface area contributed by atoms with Crippen molar-refractivity contribution in [1.29, 1.82) is 0 Å². The maximum absolute atomic E-state index is 12.0. The summed E-state index contributed by atoms with van der Waals surface area (Å²) in [6.07, 6.45) is 5.81. The average Bonchev–Trinajstić information content (AvgIpc) is 2.88. The van der Waals surface area contributed by atoms with E-state index in [1.54, 1.807) is 21.6 Å². The van der Waals surface area contributed by atoms with Crippen molar-refractivity contribution in [3.05, 3.63) is 0 Å². The molecule has 0 unspecified atom stereocenters. The molecule has 0 amide bonds. The number of esters is 1. The first-order valence-electron chi connectivity index (χ1n) is 6.45. The van der Waals surface area contributed by atoms with Crippen LogP contribution in [0.2, 0.25) is 0 Å². The SMILES string of the molecule is CN1[C@H]2CC[C@H]1CC(OC(=O)[C@@H]1CCSS1)C2. The number of hydrogen-bond acceptors (Lipinski definition) is 5. The fourth-order valence-electron chi connectivity index (χ4n) is 3.19. The number of piperidine rings is 1. The van der Waals surface area contributed by atoms with Gasteiger partial charge in [-0.1, -0.05) is 21.6 Å². The minimum absolute atomic E-state index is 0.0361. The highest BCUT2D eigenvalue weighted by atomic mass is 33.1. The van der Waals surface area contributed by atoms with Gasteiger partial charge in [-0.3, -0.25) is 4.79 Å². The summed E-state index contributed by atoms with van der Waals surface area (Å²) in [7, 11) is 5.69. The lowest BCUT2D eigenvalue weighted by Crippen LogP contribution is -2.44. The molecule has 0 spiro atoms. The number of nitrogens with zero attached hydrogens (tertiary/aromatic N) is 1. The third kappa shape index (κ3) is 2.47. The van der Waals surface area contributed by atoms with Crippen molar-refractivity contribution < 1.29 is 9.53 Å². The molecule has 2 bridgehead atoms. The molecular weight excluding hydrogens is 254 g/mol. The van der Waals surface area contributed by atoms with Crippen molar-refractivity contribution >= 4 is 27.6 Å². The number of fused-ring (bicyclic) bond motifs is 2. The van der Waals surface area contributed by atoms with Crippen LogP contribution in [0.25, 0.3) is 0 Å². The average molecular weight is 273 g/mol. The van der Waals surface area contributed by atoms with Gasteiger partial charge in [0, 0.05) is 17.8 Å². The molecule has 0 aromatic rings. The summed E-state index contributed by atoms with van der Waals surface area (Å²) in [5.74, 6) is 1.12. The van der Waals surface area contributed by atoms with Gasteiger partial charge in [0.15, 0.2) is 0 Å². The van der Waals surface area contributed by atoms with Crippen LogP contribution in [0.5, 0.6) is 0 Å². The first kappa shape index (κ1) is 12.2. The van der Waals surface area contributed by atoms with Crippen LogP contribution in [0.15, 0.2) is 0 Å². The zero-order valence-corrected chi connectivity index (χ0v) is 11.8. The van der Waals surface area contributed by atoms with Crippen LogP contribution in [-0.4, -0.2) is 47.1 Å². The van der Waals surface area contributed by atoms with E-state index in [-0.39, 0.29) is 17.3 Å². The van der Waals surface area contributed by atoms with E-state index in [2.05, 4.69) is 11.9 Å². The third-order valence-corrected chi connectivity index (χ3v) is 7.05. The second-order valence-corrected chi connectivity index (χ2v) is 7.97. The Bertz CT molecular complexity index is 293. The molecule has 0 aromatic carbocycles. The Morgan fingerprint density at radius 2 is 1.94 bits per heavy atom. The molecule has 0 N–H and O–H groups in total. The van der Waals surface area contributed by atoms with Crippen molar-refractivity contribution in [2.45, 2.75) is 55.5 Å². The molecule has 3 saturated heterocycles. The van der Waals surface area contributed by atoms with Gasteiger partial charge >= 0.3 is 5.97 Å². The Morgan fingerprint density at radius 3 is 2.53 bits per heavy atom. The van der Waals surface area contributed by atoms with Crippen LogP contribution in [0.3, 0.4) is 0 Å². The number of carbonyl (C=O) groups excluding carboxylic acids is 1. The largest absolute Gasteiger partial charge is 0.461 e. The van der Waals surface area contributed by atoms with Gasteiger partial charge in [0.2, 0.25) is 0 Å². The van der Waals surface area contributed by atoms with Gasteiger partial charge in [-0.05, 0) is 39.2 Å². The molecular formula is C12H19NO2S2. The molecule has 3 atom stereocenters. The molecule has 96 valence electrons. The van der Waals surface area contributed by atoms with Crippen molar-refractivity contribution in [3.8, 4) is 0 Å². The van der Waals surface area contributed by atoms with Crippen molar-refractivity contribution in [2.75, 3.05) is 12.8 Å². The van der Waals surface area contributed by atoms with E-state index in [4.69, 9.17) is 4.74 Å². The van der Waals surface area contributed by atoms with Crippen LogP contribution in [0.4, 0.5) is 0 Å². The molecule has 3 aliphatic heterocycles. The predicted molar refractivity (Wildman–Crippen MR) is 72.1 cm³/mol. The highest BCUT2D eigenvalue weighted by Gasteiger charge is 2.40. The maximum atomic E-state index is 12.0. The first-order valence-corrected chi connectivity index (χ1v) is 8.83. The minimum atomic E-state index is 0.0361. The number of hydrogen-bond donors (Lipinski definition) is 0. The summed E-state index contributed by atoms with van der Waals surface area (Å²) in [6, 6.07) is 1.30. The van der Waals surface area contributed by atoms with Gasteiger partial charge in [0.05, 0.1) is 0 Å². The van der Waals surface area contributed by atoms with E-state index >= 15 is 0 Å². The molecule has 0 saturated carbocycles. The quantitative estimate of drug-likeness (QED) is 0.569. The summed E-state index contributed by atoms with van der Waals surface area (Å²) < 4.78 is 5.70. The zero-order valence-electron chi connectivity index (χ0n) is 10.1. The topological polar surface area (TPSA) is 29.5 Å². The highest BCUT2D eigenvalue weighted by molar-refractivity contribution is 8.77. The van der Waals surface area contributed by atoms with Crippen molar-refractivity contribution in [3.63, 3.8) is 0 Å². The van der Waals surface area contributed by atoms with Gasteiger partial charge in [-0.25, -0.2) is 0 Å². The molecule has 0 radical (unpaired) electrons. The highest BCUT2D eigenvalue weighted by Crippen LogP contribution is 2.40. The molecule has 3 nitrogen and oxygen atoms in total. The van der Waals surface area contributed by atoms with Gasteiger partial charge < -0.3 is 9.64 Å². The van der Waals surface area contributed by atoms with Gasteiger partial charge in [0.25, 0.3) is 0 Å². The van der Waals surface area contributed by atoms with Crippen molar-refractivity contribution in [1.82, 2.24) is 4.90 Å². The van der Waals surface area contributed by atoms with E-state index in [1.165, 1.54) is 12.8 Å². The lowest BCUT2D eigenvalue weighted by molar-refractivity contribution is -0.151. The Hall–Kier alpha value is 0.130. The summed E-state index contributed by atoms with van der Waals surface area (Å²) in [4.78, 5) is 14.4. The Kier molecular flexibility index (Phi) is 3.59. The van der Waals surface area contributed by atoms with Crippen molar-refractivity contribution in [2.24, 2.45) is 0 Å². The van der Waals surface area contributed by atoms with Crippen LogP contribution in [0, 0.1) is 0 Å². The van der Waals surface area contributed by atoms with E-state index in [0.29, 0.717) is 12.1 Å². The monoisotopic (exact) mass is 273 g/mol. The fraction of sp³-hybridized carbons (Fsp3) is 0.917. The normalized spacial score (nSPS) is 41.7. The van der Waals surface area contributed by atoms with Crippen LogP contribution < -0.4 is 0 Å². The summed E-state index contributed by atoms with van der Waals surface area (Å²) >= 11 is 0. The lowest BCUT2D eigenvalue weighted by atomic mass is 10.0. The van der Waals surface area contributed by atoms with Crippen LogP contribution in [0.1, 0.15) is 32.1 Å². The predicted octanol–water partition coefficient (Wildman–Crippen LogP) is 2.31. The number of rotatable bonds is 2. The maximum Gasteiger partial charge on any atom is 0.320 e. The summed E-state index contributed by atoms with van der Waals surface area (Å²) in [5.41, 5.74) is 0. The van der Waals surface area contributed by atoms with Crippen LogP contribution >= 0.6 is 21.6 Å². The van der Waals surface area contributed by atoms with Crippen LogP contribution in [-0.2, 0) is 9.53 Å². The summed E-state index contributed by atoms with van der Waals surface area (Å²) in [5, 5.41) is 0.0947. The minimum Gasteiger partial charge on any atom is -0.461 e. The van der Waals surface area contributed by atoms with E-state index in [9.17, 15) is 4.79 Å². The van der Waals surface area contributed by atoms with E-state index < -0.39 is 0 Å². The number of carbonyl (C=O) groups is 1. The summed E-state index contributed by atoms with van der Waals surface area (Å²) in [6.45, 7) is 0. The Balaban J connectivity index is 1.54. The molecule has 3 fully saturated rings. The Labute approximate surface area is 110 Å².